The molecule has 0 radical (unpaired) electrons. The third kappa shape index (κ3) is 4.79. The van der Waals surface area contributed by atoms with Gasteiger partial charge in [0.2, 0.25) is 11.8 Å². The minimum Gasteiger partial charge on any atom is -0.366 e. The number of hydrogen-bond donors (Lipinski definition) is 2. The Balaban J connectivity index is 1.76. The van der Waals surface area contributed by atoms with Crippen molar-refractivity contribution in [2.75, 3.05) is 23.3 Å². The zero-order chi connectivity index (χ0) is 21.2. The van der Waals surface area contributed by atoms with E-state index in [0.29, 0.717) is 25.1 Å². The molecule has 2 heterocycles. The Labute approximate surface area is 169 Å². The summed E-state index contributed by atoms with van der Waals surface area (Å²) in [5, 5.41) is 2.84. The quantitative estimate of drug-likeness (QED) is 0.780. The van der Waals surface area contributed by atoms with Crippen LogP contribution < -0.4 is 16.0 Å². The normalized spacial score (nSPS) is 17.1. The molecule has 1 aromatic heterocycles. The second-order valence-electron chi connectivity index (χ2n) is 6.71. The van der Waals surface area contributed by atoms with Gasteiger partial charge in [-0.05, 0) is 43.2 Å². The topological polar surface area (TPSA) is 88.3 Å². The van der Waals surface area contributed by atoms with Gasteiger partial charge in [0.05, 0.1) is 22.1 Å². The Hall–Kier alpha value is -2.81. The van der Waals surface area contributed by atoms with E-state index in [1.165, 1.54) is 35.4 Å². The number of nitrogens with zero attached hydrogens (tertiary/aromatic N) is 2. The van der Waals surface area contributed by atoms with E-state index >= 15 is 0 Å². The van der Waals surface area contributed by atoms with Gasteiger partial charge in [0.25, 0.3) is 0 Å². The number of nitrogens with two attached hydrogens (primary N) is 1. The zero-order valence-corrected chi connectivity index (χ0v) is 15.9. The van der Waals surface area contributed by atoms with Crippen molar-refractivity contribution in [3.63, 3.8) is 0 Å². The first kappa shape index (κ1) is 20.9. The molecule has 0 bridgehead atoms. The van der Waals surface area contributed by atoms with E-state index in [-0.39, 0.29) is 28.9 Å². The molecule has 0 spiro atoms. The molecule has 1 saturated heterocycles. The summed E-state index contributed by atoms with van der Waals surface area (Å²) < 4.78 is 39.9. The van der Waals surface area contributed by atoms with Gasteiger partial charge in [0.1, 0.15) is 5.82 Å². The smallest absolute Gasteiger partial charge is 0.366 e. The van der Waals surface area contributed by atoms with Crippen molar-refractivity contribution in [1.29, 1.82) is 0 Å². The predicted molar refractivity (Wildman–Crippen MR) is 103 cm³/mol. The molecular formula is C19H18ClF3N4O2. The van der Waals surface area contributed by atoms with Crippen LogP contribution in [-0.2, 0) is 11.0 Å². The first-order valence-corrected chi connectivity index (χ1v) is 9.22. The first-order valence-electron chi connectivity index (χ1n) is 8.84. The van der Waals surface area contributed by atoms with Gasteiger partial charge in [-0.25, -0.2) is 4.98 Å². The van der Waals surface area contributed by atoms with E-state index in [2.05, 4.69) is 10.3 Å². The van der Waals surface area contributed by atoms with Gasteiger partial charge >= 0.3 is 6.18 Å². The summed E-state index contributed by atoms with van der Waals surface area (Å²) in [6.45, 7) is 0.471. The lowest BCUT2D eigenvalue weighted by atomic mass is 9.96. The standard InChI is InChI=1S/C19H18ClF3N4O2/c20-15-6-5-12(9-13(15)16(24)28)26-18(29)11-3-2-8-27(10-11)17-14(19(21,22)23)4-1-7-25-17/h1,4-7,9,11H,2-3,8,10H2,(H2,24,28)(H,26,29). The second kappa shape index (κ2) is 8.28. The summed E-state index contributed by atoms with van der Waals surface area (Å²) in [6, 6.07) is 6.54. The van der Waals surface area contributed by atoms with E-state index in [1.807, 2.05) is 0 Å². The molecule has 3 N–H and O–H groups in total. The van der Waals surface area contributed by atoms with Gasteiger partial charge in [-0.15, -0.1) is 0 Å². The Bertz CT molecular complexity index is 936. The largest absolute Gasteiger partial charge is 0.419 e. The van der Waals surface area contributed by atoms with Gasteiger partial charge in [-0.1, -0.05) is 11.6 Å². The second-order valence-corrected chi connectivity index (χ2v) is 7.11. The highest BCUT2D eigenvalue weighted by Gasteiger charge is 2.37. The van der Waals surface area contributed by atoms with E-state index in [1.54, 1.807) is 0 Å². The summed E-state index contributed by atoms with van der Waals surface area (Å²) >= 11 is 5.90. The number of amides is 2. The Kier molecular flexibility index (Phi) is 5.97. The van der Waals surface area contributed by atoms with E-state index in [4.69, 9.17) is 17.3 Å². The van der Waals surface area contributed by atoms with Crippen LogP contribution in [0.25, 0.3) is 0 Å². The Morgan fingerprint density at radius 3 is 2.72 bits per heavy atom. The lowest BCUT2D eigenvalue weighted by Gasteiger charge is -2.34. The van der Waals surface area contributed by atoms with Crippen LogP contribution in [0.3, 0.4) is 0 Å². The van der Waals surface area contributed by atoms with Crippen LogP contribution in [0.4, 0.5) is 24.7 Å². The van der Waals surface area contributed by atoms with Gasteiger partial charge in [-0.2, -0.15) is 13.2 Å². The van der Waals surface area contributed by atoms with Crippen molar-refractivity contribution in [2.45, 2.75) is 19.0 Å². The minimum atomic E-state index is -4.53. The molecule has 2 aromatic rings. The molecule has 154 valence electrons. The van der Waals surface area contributed by atoms with Crippen molar-refractivity contribution in [2.24, 2.45) is 11.7 Å². The highest BCUT2D eigenvalue weighted by Crippen LogP contribution is 2.36. The van der Waals surface area contributed by atoms with Crippen LogP contribution >= 0.6 is 11.6 Å². The number of nitrogens with one attached hydrogen (secondary N) is 1. The number of pyridine rings is 1. The number of rotatable bonds is 4. The maximum absolute atomic E-state index is 13.3. The Morgan fingerprint density at radius 2 is 2.03 bits per heavy atom. The third-order valence-electron chi connectivity index (χ3n) is 4.68. The van der Waals surface area contributed by atoms with Crippen LogP contribution in [-0.4, -0.2) is 29.9 Å². The van der Waals surface area contributed by atoms with Gasteiger partial charge in [-0.3, -0.25) is 9.59 Å². The maximum atomic E-state index is 13.3. The summed E-state index contributed by atoms with van der Waals surface area (Å²) in [7, 11) is 0. The van der Waals surface area contributed by atoms with Crippen LogP contribution in [0.5, 0.6) is 0 Å². The minimum absolute atomic E-state index is 0.0676. The molecule has 3 rings (SSSR count). The van der Waals surface area contributed by atoms with Gasteiger partial charge < -0.3 is 16.0 Å². The monoisotopic (exact) mass is 426 g/mol. The fraction of sp³-hybridized carbons (Fsp3) is 0.316. The molecule has 1 unspecified atom stereocenters. The van der Waals surface area contributed by atoms with Crippen molar-refractivity contribution in [3.8, 4) is 0 Å². The average molecular weight is 427 g/mol. The number of primary amides is 1. The van der Waals surface area contributed by atoms with Crippen LogP contribution in [0.1, 0.15) is 28.8 Å². The number of piperidine rings is 1. The lowest BCUT2D eigenvalue weighted by molar-refractivity contribution is -0.137. The molecule has 1 aliphatic rings. The summed E-state index contributed by atoms with van der Waals surface area (Å²) in [6.07, 6.45) is -2.17. The maximum Gasteiger partial charge on any atom is 0.419 e. The molecule has 10 heteroatoms. The number of carbonyl (C=O) groups is 2. The van der Waals surface area contributed by atoms with E-state index in [0.717, 1.165) is 6.07 Å². The fourth-order valence-electron chi connectivity index (χ4n) is 3.29. The van der Waals surface area contributed by atoms with Crippen LogP contribution in [0.2, 0.25) is 5.02 Å². The number of halogens is 4. The van der Waals surface area contributed by atoms with Crippen LogP contribution in [0, 0.1) is 5.92 Å². The van der Waals surface area contributed by atoms with E-state index in [9.17, 15) is 22.8 Å². The molecule has 6 nitrogen and oxygen atoms in total. The van der Waals surface area contributed by atoms with Crippen LogP contribution in [0.15, 0.2) is 36.5 Å². The highest BCUT2D eigenvalue weighted by molar-refractivity contribution is 6.34. The predicted octanol–water partition coefficient (Wildman–Crippen LogP) is 3.71. The van der Waals surface area contributed by atoms with Crippen molar-refractivity contribution >= 4 is 34.9 Å². The van der Waals surface area contributed by atoms with Crippen molar-refractivity contribution in [3.05, 3.63) is 52.7 Å². The zero-order valence-electron chi connectivity index (χ0n) is 15.2. The van der Waals surface area contributed by atoms with Crippen molar-refractivity contribution in [1.82, 2.24) is 4.98 Å². The number of alkyl halides is 3. The molecule has 0 saturated carbocycles. The first-order chi connectivity index (χ1) is 13.7. The molecular weight excluding hydrogens is 409 g/mol. The summed E-state index contributed by atoms with van der Waals surface area (Å²) in [5.74, 6) is -1.82. The number of aromatic nitrogens is 1. The van der Waals surface area contributed by atoms with Gasteiger partial charge in [0.15, 0.2) is 0 Å². The number of benzene rings is 1. The SMILES string of the molecule is NC(=O)c1cc(NC(=O)C2CCCN(c3ncccc3C(F)(F)F)C2)ccc1Cl. The van der Waals surface area contributed by atoms with E-state index < -0.39 is 23.6 Å². The summed E-state index contributed by atoms with van der Waals surface area (Å²) in [4.78, 5) is 29.4. The molecule has 2 amide bonds. The molecule has 1 aromatic carbocycles. The average Bonchev–Trinajstić information content (AvgIpc) is 2.68. The Morgan fingerprint density at radius 1 is 1.28 bits per heavy atom. The summed E-state index contributed by atoms with van der Waals surface area (Å²) in [5.41, 5.74) is 4.82. The molecule has 1 aliphatic heterocycles. The number of anilines is 2. The third-order valence-corrected chi connectivity index (χ3v) is 5.01. The number of carbonyl (C=O) groups excluding carboxylic acids is 2. The van der Waals surface area contributed by atoms with Crippen molar-refractivity contribution < 1.29 is 22.8 Å². The molecule has 29 heavy (non-hydrogen) atoms. The fourth-order valence-corrected chi connectivity index (χ4v) is 3.50. The molecule has 1 atom stereocenters. The highest BCUT2D eigenvalue weighted by atomic mass is 35.5. The van der Waals surface area contributed by atoms with Gasteiger partial charge in [0, 0.05) is 25.0 Å². The molecule has 1 fully saturated rings. The lowest BCUT2D eigenvalue weighted by Crippen LogP contribution is -2.42. The number of hydrogen-bond acceptors (Lipinski definition) is 4. The molecule has 0 aliphatic carbocycles.